The first-order valence-corrected chi connectivity index (χ1v) is 11.9. The molecule has 0 radical (unpaired) electrons. The van der Waals surface area contributed by atoms with Crippen LogP contribution in [0.15, 0.2) is 54.0 Å². The molecule has 8 heteroatoms. The average molecular weight is 447 g/mol. The number of carbonyl (C=O) groups is 1. The monoisotopic (exact) mass is 446 g/mol. The Bertz CT molecular complexity index is 1210. The summed E-state index contributed by atoms with van der Waals surface area (Å²) in [6, 6.07) is 13.9. The lowest BCUT2D eigenvalue weighted by Crippen LogP contribution is -2.49. The summed E-state index contributed by atoms with van der Waals surface area (Å²) in [5.74, 6) is 2.31. The van der Waals surface area contributed by atoms with Crippen molar-refractivity contribution in [3.8, 4) is 5.69 Å². The molecule has 32 heavy (non-hydrogen) atoms. The molecule has 0 unspecified atom stereocenters. The third-order valence-electron chi connectivity index (χ3n) is 5.64. The van der Waals surface area contributed by atoms with Crippen LogP contribution in [0, 0.1) is 5.92 Å². The number of carbonyl (C=O) groups excluding carboxylic acids is 1. The normalized spacial score (nSPS) is 14.5. The Morgan fingerprint density at radius 2 is 1.81 bits per heavy atom. The van der Waals surface area contributed by atoms with Crippen molar-refractivity contribution < 1.29 is 4.79 Å². The lowest BCUT2D eigenvalue weighted by atomic mass is 10.1. The molecule has 0 atom stereocenters. The maximum absolute atomic E-state index is 12.7. The van der Waals surface area contributed by atoms with Gasteiger partial charge in [-0.2, -0.15) is 5.10 Å². The van der Waals surface area contributed by atoms with Gasteiger partial charge in [0.15, 0.2) is 5.65 Å². The second-order valence-electron chi connectivity index (χ2n) is 8.45. The number of rotatable bonds is 5. The quantitative estimate of drug-likeness (QED) is 0.463. The van der Waals surface area contributed by atoms with Gasteiger partial charge in [0, 0.05) is 32.6 Å². The zero-order valence-electron chi connectivity index (χ0n) is 18.3. The molecule has 3 aromatic heterocycles. The summed E-state index contributed by atoms with van der Waals surface area (Å²) in [5, 5.41) is 7.53. The third kappa shape index (κ3) is 3.98. The molecule has 1 aliphatic heterocycles. The number of aromatic nitrogens is 4. The van der Waals surface area contributed by atoms with Crippen molar-refractivity contribution in [2.24, 2.45) is 5.92 Å². The van der Waals surface area contributed by atoms with Crippen molar-refractivity contribution in [1.29, 1.82) is 0 Å². The van der Waals surface area contributed by atoms with Crippen molar-refractivity contribution >= 4 is 34.1 Å². The van der Waals surface area contributed by atoms with Crippen LogP contribution < -0.4 is 4.90 Å². The van der Waals surface area contributed by atoms with Gasteiger partial charge in [-0.05, 0) is 29.5 Å². The first kappa shape index (κ1) is 20.6. The number of nitrogens with zero attached hydrogens (tertiary/aromatic N) is 6. The molecule has 7 nitrogen and oxygen atoms in total. The molecule has 0 N–H and O–H groups in total. The van der Waals surface area contributed by atoms with Crippen molar-refractivity contribution in [1.82, 2.24) is 24.6 Å². The van der Waals surface area contributed by atoms with Gasteiger partial charge in [-0.15, -0.1) is 11.3 Å². The van der Waals surface area contributed by atoms with E-state index in [9.17, 15) is 4.79 Å². The molecule has 1 aromatic carbocycles. The van der Waals surface area contributed by atoms with E-state index in [2.05, 4.69) is 23.8 Å². The first-order chi connectivity index (χ1) is 15.6. The van der Waals surface area contributed by atoms with Crippen molar-refractivity contribution in [3.05, 3.63) is 64.7 Å². The first-order valence-electron chi connectivity index (χ1n) is 11.0. The number of piperazine rings is 1. The molecular weight excluding hydrogens is 420 g/mol. The van der Waals surface area contributed by atoms with Crippen LogP contribution in [-0.4, -0.2) is 56.7 Å². The zero-order chi connectivity index (χ0) is 22.1. The lowest BCUT2D eigenvalue weighted by Gasteiger charge is -2.35. The Balaban J connectivity index is 1.47. The summed E-state index contributed by atoms with van der Waals surface area (Å²) in [5.41, 5.74) is 1.81. The highest BCUT2D eigenvalue weighted by atomic mass is 32.1. The lowest BCUT2D eigenvalue weighted by molar-refractivity contribution is 0.0751. The highest BCUT2D eigenvalue weighted by molar-refractivity contribution is 7.12. The number of thiophene rings is 1. The van der Waals surface area contributed by atoms with Gasteiger partial charge < -0.3 is 9.80 Å². The highest BCUT2D eigenvalue weighted by Crippen LogP contribution is 2.27. The van der Waals surface area contributed by atoms with Gasteiger partial charge in [-0.3, -0.25) is 4.79 Å². The fourth-order valence-corrected chi connectivity index (χ4v) is 4.76. The summed E-state index contributed by atoms with van der Waals surface area (Å²) in [6.45, 7) is 7.18. The Hall–Kier alpha value is -3.26. The third-order valence-corrected chi connectivity index (χ3v) is 6.50. The van der Waals surface area contributed by atoms with Crippen LogP contribution in [0.1, 0.15) is 29.3 Å². The minimum Gasteiger partial charge on any atom is -0.352 e. The van der Waals surface area contributed by atoms with E-state index < -0.39 is 0 Å². The molecule has 0 saturated carbocycles. The van der Waals surface area contributed by atoms with E-state index in [0.29, 0.717) is 19.0 Å². The van der Waals surface area contributed by atoms with Crippen LogP contribution >= 0.6 is 11.3 Å². The van der Waals surface area contributed by atoms with Gasteiger partial charge in [0.25, 0.3) is 5.91 Å². The second kappa shape index (κ2) is 8.70. The summed E-state index contributed by atoms with van der Waals surface area (Å²) < 4.78 is 1.89. The van der Waals surface area contributed by atoms with Crippen LogP contribution in [-0.2, 0) is 6.42 Å². The largest absolute Gasteiger partial charge is 0.352 e. The molecule has 1 aliphatic rings. The molecule has 1 amide bonds. The number of fused-ring (bicyclic) bond motifs is 1. The molecule has 5 rings (SSSR count). The molecular formula is C24H26N6OS. The number of para-hydroxylation sites is 1. The van der Waals surface area contributed by atoms with Crippen LogP contribution in [0.25, 0.3) is 16.7 Å². The molecule has 164 valence electrons. The molecule has 1 saturated heterocycles. The molecule has 4 heterocycles. The zero-order valence-corrected chi connectivity index (χ0v) is 19.1. The predicted molar refractivity (Wildman–Crippen MR) is 128 cm³/mol. The predicted octanol–water partition coefficient (Wildman–Crippen LogP) is 4.04. The number of amides is 1. The molecule has 0 aliphatic carbocycles. The van der Waals surface area contributed by atoms with E-state index in [1.807, 2.05) is 63.6 Å². The molecule has 0 spiro atoms. The molecule has 1 fully saturated rings. The fourth-order valence-electron chi connectivity index (χ4n) is 4.07. The van der Waals surface area contributed by atoms with Gasteiger partial charge in [-0.1, -0.05) is 38.1 Å². The standard InChI is InChI=1S/C24H26N6OS/c1-17(2)15-21-26-22(19-16-25-30(23(19)27-21)18-7-4-3-5-8-18)28-10-12-29(13-11-28)24(31)20-9-6-14-32-20/h3-9,14,16-17H,10-13,15H2,1-2H3. The average Bonchev–Trinajstić information content (AvgIpc) is 3.49. The van der Waals surface area contributed by atoms with Gasteiger partial charge >= 0.3 is 0 Å². The summed E-state index contributed by atoms with van der Waals surface area (Å²) in [4.78, 5) is 27.6. The van der Waals surface area contributed by atoms with Crippen LogP contribution in [0.4, 0.5) is 5.82 Å². The van der Waals surface area contributed by atoms with E-state index in [4.69, 9.17) is 9.97 Å². The van der Waals surface area contributed by atoms with E-state index in [0.717, 1.165) is 52.8 Å². The van der Waals surface area contributed by atoms with E-state index >= 15 is 0 Å². The van der Waals surface area contributed by atoms with Crippen molar-refractivity contribution in [2.75, 3.05) is 31.1 Å². The Morgan fingerprint density at radius 3 is 2.50 bits per heavy atom. The van der Waals surface area contributed by atoms with Gasteiger partial charge in [-0.25, -0.2) is 14.6 Å². The summed E-state index contributed by atoms with van der Waals surface area (Å²) in [6.07, 6.45) is 2.67. The van der Waals surface area contributed by atoms with Crippen LogP contribution in [0.5, 0.6) is 0 Å². The van der Waals surface area contributed by atoms with Gasteiger partial charge in [0.05, 0.1) is 22.1 Å². The Morgan fingerprint density at radius 1 is 1.03 bits per heavy atom. The van der Waals surface area contributed by atoms with Gasteiger partial charge in [0.1, 0.15) is 11.6 Å². The Labute approximate surface area is 191 Å². The van der Waals surface area contributed by atoms with Crippen LogP contribution in [0.3, 0.4) is 0 Å². The maximum atomic E-state index is 12.7. The number of anilines is 1. The van der Waals surface area contributed by atoms with Crippen molar-refractivity contribution in [2.45, 2.75) is 20.3 Å². The SMILES string of the molecule is CC(C)Cc1nc(N2CCN(C(=O)c3cccs3)CC2)c2cnn(-c3ccccc3)c2n1. The van der Waals surface area contributed by atoms with Gasteiger partial charge in [0.2, 0.25) is 0 Å². The van der Waals surface area contributed by atoms with E-state index in [-0.39, 0.29) is 5.91 Å². The number of hydrogen-bond acceptors (Lipinski definition) is 6. The minimum atomic E-state index is 0.116. The van der Waals surface area contributed by atoms with Crippen LogP contribution in [0.2, 0.25) is 0 Å². The number of hydrogen-bond donors (Lipinski definition) is 0. The highest BCUT2D eigenvalue weighted by Gasteiger charge is 2.26. The Kier molecular flexibility index (Phi) is 5.61. The smallest absolute Gasteiger partial charge is 0.264 e. The maximum Gasteiger partial charge on any atom is 0.264 e. The van der Waals surface area contributed by atoms with E-state index in [1.165, 1.54) is 11.3 Å². The summed E-state index contributed by atoms with van der Waals surface area (Å²) >= 11 is 1.50. The second-order valence-corrected chi connectivity index (χ2v) is 9.39. The topological polar surface area (TPSA) is 67.2 Å². The molecule has 4 aromatic rings. The molecule has 0 bridgehead atoms. The minimum absolute atomic E-state index is 0.116. The summed E-state index contributed by atoms with van der Waals surface area (Å²) in [7, 11) is 0. The van der Waals surface area contributed by atoms with E-state index in [1.54, 1.807) is 0 Å². The fraction of sp³-hybridized carbons (Fsp3) is 0.333. The number of benzene rings is 1. The van der Waals surface area contributed by atoms with Crippen molar-refractivity contribution in [3.63, 3.8) is 0 Å².